The van der Waals surface area contributed by atoms with E-state index in [1.807, 2.05) is 6.07 Å². The standard InChI is InChI=1S/C16H25NO2/c1-12-15(18-2)10-9-13(16(12)19-3)11-17-14-7-5-4-6-8-14/h9-10,14,17H,4-8,11H2,1-3H3/p+1. The van der Waals surface area contributed by atoms with Gasteiger partial charge in [-0.25, -0.2) is 0 Å². The van der Waals surface area contributed by atoms with Crippen LogP contribution in [-0.4, -0.2) is 20.3 Å². The van der Waals surface area contributed by atoms with Crippen LogP contribution in [0.3, 0.4) is 0 Å². The quantitative estimate of drug-likeness (QED) is 0.886. The molecule has 19 heavy (non-hydrogen) atoms. The predicted octanol–water partition coefficient (Wildman–Crippen LogP) is 2.41. The molecule has 1 aliphatic carbocycles. The molecule has 3 nitrogen and oxygen atoms in total. The summed E-state index contributed by atoms with van der Waals surface area (Å²) in [6.45, 7) is 3.06. The van der Waals surface area contributed by atoms with Gasteiger partial charge < -0.3 is 14.8 Å². The summed E-state index contributed by atoms with van der Waals surface area (Å²) in [5.74, 6) is 1.88. The van der Waals surface area contributed by atoms with Crippen molar-refractivity contribution < 1.29 is 14.8 Å². The highest BCUT2D eigenvalue weighted by Crippen LogP contribution is 2.30. The predicted molar refractivity (Wildman–Crippen MR) is 76.8 cm³/mol. The second kappa shape index (κ2) is 6.80. The Balaban J connectivity index is 2.04. The normalized spacial score (nSPS) is 16.4. The molecule has 0 bridgehead atoms. The monoisotopic (exact) mass is 264 g/mol. The summed E-state index contributed by atoms with van der Waals surface area (Å²) < 4.78 is 10.9. The molecule has 3 heteroatoms. The molecule has 0 heterocycles. The Kier molecular flexibility index (Phi) is 5.08. The lowest BCUT2D eigenvalue weighted by atomic mass is 9.95. The van der Waals surface area contributed by atoms with Crippen molar-refractivity contribution in [3.63, 3.8) is 0 Å². The Morgan fingerprint density at radius 2 is 1.84 bits per heavy atom. The molecule has 2 rings (SSSR count). The molecule has 1 fully saturated rings. The highest BCUT2D eigenvalue weighted by atomic mass is 16.5. The number of methoxy groups -OCH3 is 2. The minimum Gasteiger partial charge on any atom is -0.496 e. The van der Waals surface area contributed by atoms with Crippen molar-refractivity contribution in [3.8, 4) is 11.5 Å². The third-order valence-corrected chi connectivity index (χ3v) is 4.18. The maximum Gasteiger partial charge on any atom is 0.134 e. The summed E-state index contributed by atoms with van der Waals surface area (Å²) in [5, 5.41) is 2.48. The number of hydrogen-bond donors (Lipinski definition) is 1. The van der Waals surface area contributed by atoms with E-state index in [0.29, 0.717) is 0 Å². The van der Waals surface area contributed by atoms with Crippen LogP contribution < -0.4 is 14.8 Å². The molecule has 0 atom stereocenters. The van der Waals surface area contributed by atoms with Crippen molar-refractivity contribution in [1.29, 1.82) is 0 Å². The third kappa shape index (κ3) is 3.41. The molecular weight excluding hydrogens is 238 g/mol. The van der Waals surface area contributed by atoms with Crippen molar-refractivity contribution in [3.05, 3.63) is 23.3 Å². The topological polar surface area (TPSA) is 35.1 Å². The summed E-state index contributed by atoms with van der Waals surface area (Å²) in [7, 11) is 3.45. The zero-order valence-corrected chi connectivity index (χ0v) is 12.4. The molecule has 106 valence electrons. The number of nitrogens with two attached hydrogens (primary N) is 1. The van der Waals surface area contributed by atoms with Crippen molar-refractivity contribution in [1.82, 2.24) is 0 Å². The molecule has 0 radical (unpaired) electrons. The molecule has 0 aromatic heterocycles. The van der Waals surface area contributed by atoms with Crippen molar-refractivity contribution in [2.45, 2.75) is 51.6 Å². The van der Waals surface area contributed by atoms with Gasteiger partial charge in [0.15, 0.2) is 0 Å². The van der Waals surface area contributed by atoms with E-state index in [1.165, 1.54) is 37.7 Å². The zero-order valence-electron chi connectivity index (χ0n) is 12.4. The SMILES string of the molecule is COc1ccc(C[NH2+]C2CCCCC2)c(OC)c1C. The highest BCUT2D eigenvalue weighted by Gasteiger charge is 2.18. The lowest BCUT2D eigenvalue weighted by molar-refractivity contribution is -0.706. The molecule has 2 N–H and O–H groups in total. The molecule has 1 aliphatic rings. The van der Waals surface area contributed by atoms with E-state index < -0.39 is 0 Å². The molecule has 0 aliphatic heterocycles. The minimum absolute atomic E-state index is 0.792. The Hall–Kier alpha value is -1.22. The van der Waals surface area contributed by atoms with Gasteiger partial charge in [0.05, 0.1) is 20.3 Å². The molecule has 1 aromatic carbocycles. The van der Waals surface area contributed by atoms with Gasteiger partial charge in [-0.1, -0.05) is 6.42 Å². The van der Waals surface area contributed by atoms with Gasteiger partial charge in [0, 0.05) is 11.1 Å². The molecular formula is C16H26NO2+. The van der Waals surface area contributed by atoms with Gasteiger partial charge in [-0.05, 0) is 44.7 Å². The van der Waals surface area contributed by atoms with E-state index in [-0.39, 0.29) is 0 Å². The summed E-state index contributed by atoms with van der Waals surface area (Å²) >= 11 is 0. The fraction of sp³-hybridized carbons (Fsp3) is 0.625. The minimum atomic E-state index is 0.792. The second-order valence-electron chi connectivity index (χ2n) is 5.42. The number of quaternary nitrogens is 1. The lowest BCUT2D eigenvalue weighted by Crippen LogP contribution is -2.88. The number of rotatable bonds is 5. The summed E-state index contributed by atoms with van der Waals surface area (Å²) in [4.78, 5) is 0. The molecule has 1 aromatic rings. The van der Waals surface area contributed by atoms with E-state index in [0.717, 1.165) is 29.6 Å². The first-order valence-electron chi connectivity index (χ1n) is 7.30. The first-order valence-corrected chi connectivity index (χ1v) is 7.30. The van der Waals surface area contributed by atoms with Crippen molar-refractivity contribution in [2.24, 2.45) is 0 Å². The van der Waals surface area contributed by atoms with Crippen LogP contribution in [0.2, 0.25) is 0 Å². The Labute approximate surface area is 116 Å². The van der Waals surface area contributed by atoms with Crippen LogP contribution in [0.5, 0.6) is 11.5 Å². The van der Waals surface area contributed by atoms with E-state index >= 15 is 0 Å². The first-order chi connectivity index (χ1) is 9.26. The largest absolute Gasteiger partial charge is 0.496 e. The third-order valence-electron chi connectivity index (χ3n) is 4.18. The van der Waals surface area contributed by atoms with Crippen LogP contribution in [0.4, 0.5) is 0 Å². The molecule has 0 unspecified atom stereocenters. The van der Waals surface area contributed by atoms with Gasteiger partial charge in [0.2, 0.25) is 0 Å². The van der Waals surface area contributed by atoms with E-state index in [4.69, 9.17) is 9.47 Å². The van der Waals surface area contributed by atoms with Crippen LogP contribution in [0.25, 0.3) is 0 Å². The van der Waals surface area contributed by atoms with E-state index in [9.17, 15) is 0 Å². The number of ether oxygens (including phenoxy) is 2. The fourth-order valence-corrected chi connectivity index (χ4v) is 3.06. The van der Waals surface area contributed by atoms with Crippen LogP contribution in [-0.2, 0) is 6.54 Å². The smallest absolute Gasteiger partial charge is 0.134 e. The van der Waals surface area contributed by atoms with Gasteiger partial charge >= 0.3 is 0 Å². The molecule has 0 amide bonds. The second-order valence-corrected chi connectivity index (χ2v) is 5.42. The van der Waals surface area contributed by atoms with E-state index in [2.05, 4.69) is 18.3 Å². The summed E-state index contributed by atoms with van der Waals surface area (Å²) in [6, 6.07) is 4.96. The Morgan fingerprint density at radius 3 is 2.47 bits per heavy atom. The van der Waals surface area contributed by atoms with Gasteiger partial charge in [-0.15, -0.1) is 0 Å². The van der Waals surface area contributed by atoms with E-state index in [1.54, 1.807) is 14.2 Å². The Bertz CT molecular complexity index is 411. The van der Waals surface area contributed by atoms with Gasteiger partial charge in [-0.2, -0.15) is 0 Å². The highest BCUT2D eigenvalue weighted by molar-refractivity contribution is 5.48. The molecule has 0 saturated heterocycles. The van der Waals surface area contributed by atoms with Gasteiger partial charge in [0.25, 0.3) is 0 Å². The van der Waals surface area contributed by atoms with Gasteiger partial charge in [-0.3, -0.25) is 0 Å². The van der Waals surface area contributed by atoms with Crippen LogP contribution in [0.1, 0.15) is 43.2 Å². The van der Waals surface area contributed by atoms with Crippen molar-refractivity contribution in [2.75, 3.05) is 14.2 Å². The summed E-state index contributed by atoms with van der Waals surface area (Å²) in [5.41, 5.74) is 2.37. The lowest BCUT2D eigenvalue weighted by Gasteiger charge is -2.21. The number of hydrogen-bond acceptors (Lipinski definition) is 2. The zero-order chi connectivity index (χ0) is 13.7. The van der Waals surface area contributed by atoms with Crippen LogP contribution in [0.15, 0.2) is 12.1 Å². The van der Waals surface area contributed by atoms with Crippen LogP contribution in [0, 0.1) is 6.92 Å². The van der Waals surface area contributed by atoms with Gasteiger partial charge in [0.1, 0.15) is 18.0 Å². The average Bonchev–Trinajstić information content (AvgIpc) is 2.46. The number of benzene rings is 1. The fourth-order valence-electron chi connectivity index (χ4n) is 3.06. The maximum absolute atomic E-state index is 5.56. The van der Waals surface area contributed by atoms with Crippen molar-refractivity contribution >= 4 is 0 Å². The maximum atomic E-state index is 5.56. The molecule has 1 saturated carbocycles. The summed E-state index contributed by atoms with van der Waals surface area (Å²) in [6.07, 6.45) is 6.91. The molecule has 0 spiro atoms. The van der Waals surface area contributed by atoms with Crippen LogP contribution >= 0.6 is 0 Å². The Morgan fingerprint density at radius 1 is 1.11 bits per heavy atom. The first kappa shape index (κ1) is 14.2. The average molecular weight is 264 g/mol.